The largest absolute Gasteiger partial charge is 0.0770 e. The summed E-state index contributed by atoms with van der Waals surface area (Å²) >= 11 is 0. The van der Waals surface area contributed by atoms with E-state index in [2.05, 4.69) is 51.1 Å². The fraction of sp³-hybridized carbons (Fsp3) is 0.474. The van der Waals surface area contributed by atoms with Crippen LogP contribution in [-0.4, -0.2) is 0 Å². The predicted octanol–water partition coefficient (Wildman–Crippen LogP) is 5.24. The summed E-state index contributed by atoms with van der Waals surface area (Å²) in [5, 5.41) is 0. The Balaban J connectivity index is 1.86. The van der Waals surface area contributed by atoms with Gasteiger partial charge in [-0.05, 0) is 66.4 Å². The molecule has 0 saturated heterocycles. The van der Waals surface area contributed by atoms with E-state index in [1.807, 2.05) is 0 Å². The standard InChI is InChI=1S/C19H24/c1-4-17-9-14(3)19(10-13(17)2)18-8-7-16(12-18)11-15-5-6-15/h7-10,12,15-16H,4-6,11H2,1-3H3. The van der Waals surface area contributed by atoms with E-state index in [0.29, 0.717) is 5.92 Å². The minimum absolute atomic E-state index is 0.688. The Morgan fingerprint density at radius 1 is 1.11 bits per heavy atom. The first-order chi connectivity index (χ1) is 9.17. The van der Waals surface area contributed by atoms with E-state index in [1.54, 1.807) is 0 Å². The molecule has 0 N–H and O–H groups in total. The van der Waals surface area contributed by atoms with Crippen molar-refractivity contribution in [3.63, 3.8) is 0 Å². The highest BCUT2D eigenvalue weighted by atomic mass is 14.3. The predicted molar refractivity (Wildman–Crippen MR) is 83.2 cm³/mol. The molecule has 1 aromatic rings. The van der Waals surface area contributed by atoms with Gasteiger partial charge in [-0.3, -0.25) is 0 Å². The molecule has 0 aromatic heterocycles. The number of aryl methyl sites for hydroxylation is 3. The van der Waals surface area contributed by atoms with Crippen LogP contribution >= 0.6 is 0 Å². The lowest BCUT2D eigenvalue weighted by molar-refractivity contribution is 0.644. The molecule has 0 aliphatic heterocycles. The molecule has 0 heteroatoms. The second-order valence-electron chi connectivity index (χ2n) is 6.27. The lowest BCUT2D eigenvalue weighted by atomic mass is 9.94. The van der Waals surface area contributed by atoms with Gasteiger partial charge in [0.15, 0.2) is 0 Å². The Morgan fingerprint density at radius 2 is 1.89 bits per heavy atom. The monoisotopic (exact) mass is 252 g/mol. The number of rotatable bonds is 4. The Hall–Kier alpha value is -1.30. The number of benzene rings is 1. The van der Waals surface area contributed by atoms with Crippen molar-refractivity contribution in [3.05, 3.63) is 52.6 Å². The van der Waals surface area contributed by atoms with Crippen molar-refractivity contribution >= 4 is 5.57 Å². The van der Waals surface area contributed by atoms with Gasteiger partial charge < -0.3 is 0 Å². The summed E-state index contributed by atoms with van der Waals surface area (Å²) in [6, 6.07) is 4.75. The van der Waals surface area contributed by atoms with Gasteiger partial charge >= 0.3 is 0 Å². The molecule has 2 aliphatic rings. The molecule has 2 aliphatic carbocycles. The molecule has 1 atom stereocenters. The highest BCUT2D eigenvalue weighted by Crippen LogP contribution is 2.39. The lowest BCUT2D eigenvalue weighted by Gasteiger charge is -2.11. The van der Waals surface area contributed by atoms with Crippen LogP contribution in [0.5, 0.6) is 0 Å². The summed E-state index contributed by atoms with van der Waals surface area (Å²) in [7, 11) is 0. The van der Waals surface area contributed by atoms with Crippen LogP contribution in [0.3, 0.4) is 0 Å². The van der Waals surface area contributed by atoms with Gasteiger partial charge in [0.25, 0.3) is 0 Å². The fourth-order valence-electron chi connectivity index (χ4n) is 3.20. The average Bonchev–Trinajstić information content (AvgIpc) is 3.08. The van der Waals surface area contributed by atoms with Crippen molar-refractivity contribution < 1.29 is 0 Å². The van der Waals surface area contributed by atoms with Crippen molar-refractivity contribution in [3.8, 4) is 0 Å². The molecule has 1 saturated carbocycles. The van der Waals surface area contributed by atoms with Crippen molar-refractivity contribution in [1.82, 2.24) is 0 Å². The van der Waals surface area contributed by atoms with Gasteiger partial charge in [0.2, 0.25) is 0 Å². The maximum absolute atomic E-state index is 2.48. The van der Waals surface area contributed by atoms with E-state index < -0.39 is 0 Å². The van der Waals surface area contributed by atoms with Crippen LogP contribution in [0.25, 0.3) is 5.57 Å². The van der Waals surface area contributed by atoms with Crippen molar-refractivity contribution in [1.29, 1.82) is 0 Å². The quantitative estimate of drug-likeness (QED) is 0.688. The number of hydrogen-bond acceptors (Lipinski definition) is 0. The maximum atomic E-state index is 2.48. The van der Waals surface area contributed by atoms with E-state index in [-0.39, 0.29) is 0 Å². The first kappa shape index (κ1) is 12.7. The Labute approximate surface area is 117 Å². The minimum Gasteiger partial charge on any atom is -0.0770 e. The van der Waals surface area contributed by atoms with Crippen LogP contribution in [-0.2, 0) is 6.42 Å². The van der Waals surface area contributed by atoms with Crippen molar-refractivity contribution in [2.24, 2.45) is 11.8 Å². The molecule has 0 nitrogen and oxygen atoms in total. The zero-order valence-electron chi connectivity index (χ0n) is 12.4. The summed E-state index contributed by atoms with van der Waals surface area (Å²) < 4.78 is 0. The van der Waals surface area contributed by atoms with Crippen LogP contribution in [0, 0.1) is 25.7 Å². The van der Waals surface area contributed by atoms with E-state index in [0.717, 1.165) is 12.3 Å². The molecule has 19 heavy (non-hydrogen) atoms. The third-order valence-corrected chi connectivity index (χ3v) is 4.59. The molecule has 1 unspecified atom stereocenters. The van der Waals surface area contributed by atoms with E-state index >= 15 is 0 Å². The third-order valence-electron chi connectivity index (χ3n) is 4.59. The Kier molecular flexibility index (Phi) is 3.35. The van der Waals surface area contributed by atoms with Gasteiger partial charge in [-0.2, -0.15) is 0 Å². The average molecular weight is 252 g/mol. The fourth-order valence-corrected chi connectivity index (χ4v) is 3.20. The van der Waals surface area contributed by atoms with Crippen molar-refractivity contribution in [2.75, 3.05) is 0 Å². The van der Waals surface area contributed by atoms with Crippen LogP contribution in [0.1, 0.15) is 48.4 Å². The highest BCUT2D eigenvalue weighted by Gasteiger charge is 2.25. The second-order valence-corrected chi connectivity index (χ2v) is 6.27. The summed E-state index contributed by atoms with van der Waals surface area (Å²) in [4.78, 5) is 0. The van der Waals surface area contributed by atoms with E-state index in [1.165, 1.54) is 47.1 Å². The minimum atomic E-state index is 0.688. The van der Waals surface area contributed by atoms with Gasteiger partial charge in [-0.25, -0.2) is 0 Å². The first-order valence-corrected chi connectivity index (χ1v) is 7.68. The molecule has 1 aromatic carbocycles. The van der Waals surface area contributed by atoms with Crippen LogP contribution in [0.4, 0.5) is 0 Å². The Morgan fingerprint density at radius 3 is 2.58 bits per heavy atom. The number of allylic oxidation sites excluding steroid dienone is 4. The molecule has 3 rings (SSSR count). The van der Waals surface area contributed by atoms with Crippen molar-refractivity contribution in [2.45, 2.75) is 46.5 Å². The summed E-state index contributed by atoms with van der Waals surface area (Å²) in [6.45, 7) is 6.72. The smallest absolute Gasteiger partial charge is 0.00383 e. The number of hydrogen-bond donors (Lipinski definition) is 0. The molecular weight excluding hydrogens is 228 g/mol. The normalized spacial score (nSPS) is 21.8. The molecular formula is C19H24. The third kappa shape index (κ3) is 2.68. The SMILES string of the molecule is CCc1cc(C)c(C2=CC(CC3CC3)C=C2)cc1C. The maximum Gasteiger partial charge on any atom is -0.00383 e. The van der Waals surface area contributed by atoms with E-state index in [4.69, 9.17) is 0 Å². The summed E-state index contributed by atoms with van der Waals surface area (Å²) in [5.74, 6) is 1.70. The zero-order valence-corrected chi connectivity index (χ0v) is 12.4. The molecule has 100 valence electrons. The van der Waals surface area contributed by atoms with Gasteiger partial charge in [0.1, 0.15) is 0 Å². The van der Waals surface area contributed by atoms with Gasteiger partial charge in [-0.1, -0.05) is 50.1 Å². The molecule has 0 radical (unpaired) electrons. The van der Waals surface area contributed by atoms with Crippen LogP contribution < -0.4 is 0 Å². The molecule has 0 heterocycles. The van der Waals surface area contributed by atoms with Gasteiger partial charge in [-0.15, -0.1) is 0 Å². The summed E-state index contributed by atoms with van der Waals surface area (Å²) in [5.41, 5.74) is 7.21. The second kappa shape index (κ2) is 5.00. The Bertz CT molecular complexity index is 541. The highest BCUT2D eigenvalue weighted by molar-refractivity contribution is 5.79. The lowest BCUT2D eigenvalue weighted by Crippen LogP contribution is -1.94. The summed E-state index contributed by atoms with van der Waals surface area (Å²) in [6.07, 6.45) is 12.6. The zero-order chi connectivity index (χ0) is 13.4. The molecule has 0 bridgehead atoms. The van der Waals surface area contributed by atoms with Crippen LogP contribution in [0.2, 0.25) is 0 Å². The first-order valence-electron chi connectivity index (χ1n) is 7.68. The van der Waals surface area contributed by atoms with Gasteiger partial charge in [0.05, 0.1) is 0 Å². The molecule has 1 fully saturated rings. The van der Waals surface area contributed by atoms with E-state index in [9.17, 15) is 0 Å². The van der Waals surface area contributed by atoms with Gasteiger partial charge in [0, 0.05) is 0 Å². The topological polar surface area (TPSA) is 0 Å². The molecule has 0 spiro atoms. The molecule has 0 amide bonds. The van der Waals surface area contributed by atoms with Crippen LogP contribution in [0.15, 0.2) is 30.4 Å².